The molecule has 1 aliphatic rings. The van der Waals surface area contributed by atoms with Crippen LogP contribution >= 0.6 is 11.6 Å². The number of hydrogen-bond acceptors (Lipinski definition) is 3. The minimum atomic E-state index is -0.0181. The Morgan fingerprint density at radius 2 is 2.33 bits per heavy atom. The molecule has 0 bridgehead atoms. The molecule has 0 N–H and O–H groups in total. The molecule has 0 aromatic carbocycles. The summed E-state index contributed by atoms with van der Waals surface area (Å²) in [5.74, 6) is 1.08. The second kappa shape index (κ2) is 5.28. The maximum atomic E-state index is 12.1. The molecule has 1 unspecified atom stereocenters. The summed E-state index contributed by atoms with van der Waals surface area (Å²) in [5, 5.41) is 0.625. The zero-order chi connectivity index (χ0) is 13.3. The fraction of sp³-hybridized carbons (Fsp3) is 0.667. The van der Waals surface area contributed by atoms with Crippen LogP contribution in [0, 0.1) is 0 Å². The molecule has 2 rings (SSSR count). The molecule has 5 nitrogen and oxygen atoms in total. The smallest absolute Gasteiger partial charge is 0.239 e. The predicted octanol–water partition coefficient (Wildman–Crippen LogP) is 1.13. The first-order valence-electron chi connectivity index (χ1n) is 6.12. The Morgan fingerprint density at radius 3 is 2.89 bits per heavy atom. The third-order valence-corrected chi connectivity index (χ3v) is 3.81. The maximum absolute atomic E-state index is 12.1. The lowest BCUT2D eigenvalue weighted by atomic mass is 10.2. The van der Waals surface area contributed by atoms with Crippen LogP contribution in [-0.2, 0) is 18.4 Å². The van der Waals surface area contributed by atoms with Crippen LogP contribution in [0.15, 0.2) is 6.20 Å². The van der Waals surface area contributed by atoms with E-state index in [1.165, 1.54) is 0 Å². The summed E-state index contributed by atoms with van der Waals surface area (Å²) in [6.07, 6.45) is 3.63. The number of hydrogen-bond donors (Lipinski definition) is 0. The molecule has 2 heterocycles. The second-order valence-electron chi connectivity index (χ2n) is 4.92. The van der Waals surface area contributed by atoms with Crippen molar-refractivity contribution < 1.29 is 4.79 Å². The van der Waals surface area contributed by atoms with Crippen LogP contribution in [0.5, 0.6) is 0 Å². The highest BCUT2D eigenvalue weighted by Crippen LogP contribution is 2.21. The number of likely N-dealkylation sites (N-methyl/N-ethyl adjacent to an activating group) is 1. The third-order valence-electron chi connectivity index (χ3n) is 3.46. The van der Waals surface area contributed by atoms with Crippen molar-refractivity contribution in [2.24, 2.45) is 7.05 Å². The second-order valence-corrected chi connectivity index (χ2v) is 5.30. The molecular formula is C12H19ClN4O. The van der Waals surface area contributed by atoms with E-state index in [9.17, 15) is 4.79 Å². The van der Waals surface area contributed by atoms with Crippen LogP contribution in [0.3, 0.4) is 0 Å². The quantitative estimate of drug-likeness (QED) is 0.827. The number of nitrogens with zero attached hydrogens (tertiary/aromatic N) is 4. The summed E-state index contributed by atoms with van der Waals surface area (Å²) < 4.78 is 1.86. The van der Waals surface area contributed by atoms with E-state index < -0.39 is 0 Å². The molecule has 1 saturated heterocycles. The van der Waals surface area contributed by atoms with Gasteiger partial charge in [-0.05, 0) is 19.4 Å². The van der Waals surface area contributed by atoms with Gasteiger partial charge in [0.05, 0.1) is 18.8 Å². The van der Waals surface area contributed by atoms with Gasteiger partial charge in [0, 0.05) is 21.1 Å². The van der Waals surface area contributed by atoms with Gasteiger partial charge in [0.25, 0.3) is 0 Å². The van der Waals surface area contributed by atoms with E-state index in [0.717, 1.165) is 25.2 Å². The van der Waals surface area contributed by atoms with Gasteiger partial charge in [0.1, 0.15) is 11.0 Å². The molecule has 0 radical (unpaired) electrons. The Hall–Kier alpha value is -1.07. The maximum Gasteiger partial charge on any atom is 0.239 e. The summed E-state index contributed by atoms with van der Waals surface area (Å²) in [6.45, 7) is 1.61. The van der Waals surface area contributed by atoms with Crippen LogP contribution in [0.2, 0.25) is 5.15 Å². The summed E-state index contributed by atoms with van der Waals surface area (Å²) in [6, 6.07) is -0.0181. The number of halogens is 1. The molecule has 1 aromatic rings. The highest BCUT2D eigenvalue weighted by molar-refractivity contribution is 6.29. The standard InChI is InChI=1S/C12H19ClN4O/c1-15(2)12(18)9-5-4-6-17(9)8-11-14-7-10(13)16(11)3/h7,9H,4-6,8H2,1-3H3. The predicted molar refractivity (Wildman–Crippen MR) is 70.3 cm³/mol. The molecule has 1 aromatic heterocycles. The fourth-order valence-corrected chi connectivity index (χ4v) is 2.49. The number of imidazole rings is 1. The van der Waals surface area contributed by atoms with Gasteiger partial charge >= 0.3 is 0 Å². The molecule has 1 amide bonds. The summed E-state index contributed by atoms with van der Waals surface area (Å²) >= 11 is 5.97. The highest BCUT2D eigenvalue weighted by atomic mass is 35.5. The van der Waals surface area contributed by atoms with Crippen LogP contribution in [0.4, 0.5) is 0 Å². The Balaban J connectivity index is 2.09. The number of carbonyl (C=O) groups excluding carboxylic acids is 1. The summed E-state index contributed by atoms with van der Waals surface area (Å²) in [4.78, 5) is 20.2. The Morgan fingerprint density at radius 1 is 1.61 bits per heavy atom. The van der Waals surface area contributed by atoms with E-state index >= 15 is 0 Å². The zero-order valence-electron chi connectivity index (χ0n) is 11.1. The first kappa shape index (κ1) is 13.4. The van der Waals surface area contributed by atoms with E-state index in [4.69, 9.17) is 11.6 Å². The fourth-order valence-electron chi connectivity index (χ4n) is 2.35. The molecule has 1 atom stereocenters. The van der Waals surface area contributed by atoms with Crippen molar-refractivity contribution in [3.63, 3.8) is 0 Å². The van der Waals surface area contributed by atoms with E-state index in [1.54, 1.807) is 25.2 Å². The lowest BCUT2D eigenvalue weighted by molar-refractivity contribution is -0.133. The van der Waals surface area contributed by atoms with Gasteiger partial charge in [0.15, 0.2) is 0 Å². The number of aromatic nitrogens is 2. The lowest BCUT2D eigenvalue weighted by Crippen LogP contribution is -2.42. The van der Waals surface area contributed by atoms with Crippen molar-refractivity contribution in [1.29, 1.82) is 0 Å². The SMILES string of the molecule is CN(C)C(=O)C1CCCN1Cc1ncc(Cl)n1C. The first-order chi connectivity index (χ1) is 8.50. The van der Waals surface area contributed by atoms with Gasteiger partial charge < -0.3 is 9.47 Å². The van der Waals surface area contributed by atoms with E-state index in [1.807, 2.05) is 11.6 Å². The van der Waals surface area contributed by atoms with Gasteiger partial charge in [-0.3, -0.25) is 9.69 Å². The minimum absolute atomic E-state index is 0.0181. The molecule has 6 heteroatoms. The molecule has 18 heavy (non-hydrogen) atoms. The van der Waals surface area contributed by atoms with Crippen molar-refractivity contribution in [3.8, 4) is 0 Å². The monoisotopic (exact) mass is 270 g/mol. The lowest BCUT2D eigenvalue weighted by Gasteiger charge is -2.25. The third kappa shape index (κ3) is 2.52. The normalized spacial score (nSPS) is 20.3. The Kier molecular flexibility index (Phi) is 3.92. The highest BCUT2D eigenvalue weighted by Gasteiger charge is 2.32. The molecule has 1 aliphatic heterocycles. The molecule has 0 spiro atoms. The molecule has 0 aliphatic carbocycles. The largest absolute Gasteiger partial charge is 0.347 e. The van der Waals surface area contributed by atoms with Crippen molar-refractivity contribution in [3.05, 3.63) is 17.2 Å². The van der Waals surface area contributed by atoms with E-state index in [0.29, 0.717) is 11.7 Å². The molecule has 1 fully saturated rings. The molecular weight excluding hydrogens is 252 g/mol. The van der Waals surface area contributed by atoms with Crippen molar-refractivity contribution >= 4 is 17.5 Å². The van der Waals surface area contributed by atoms with Gasteiger partial charge in [-0.25, -0.2) is 4.98 Å². The summed E-state index contributed by atoms with van der Waals surface area (Å²) in [7, 11) is 5.50. The van der Waals surface area contributed by atoms with Crippen molar-refractivity contribution in [1.82, 2.24) is 19.4 Å². The van der Waals surface area contributed by atoms with E-state index in [2.05, 4.69) is 9.88 Å². The number of rotatable bonds is 3. The molecule has 100 valence electrons. The number of likely N-dealkylation sites (tertiary alicyclic amines) is 1. The number of amides is 1. The van der Waals surface area contributed by atoms with Gasteiger partial charge in [-0.1, -0.05) is 11.6 Å². The Bertz CT molecular complexity index is 443. The number of carbonyl (C=O) groups is 1. The average Bonchev–Trinajstić information content (AvgIpc) is 2.90. The van der Waals surface area contributed by atoms with Crippen molar-refractivity contribution in [2.75, 3.05) is 20.6 Å². The van der Waals surface area contributed by atoms with Gasteiger partial charge in [-0.15, -0.1) is 0 Å². The first-order valence-corrected chi connectivity index (χ1v) is 6.50. The average molecular weight is 271 g/mol. The van der Waals surface area contributed by atoms with Crippen LogP contribution in [0.1, 0.15) is 18.7 Å². The minimum Gasteiger partial charge on any atom is -0.347 e. The molecule has 0 saturated carbocycles. The topological polar surface area (TPSA) is 41.4 Å². The van der Waals surface area contributed by atoms with Crippen molar-refractivity contribution in [2.45, 2.75) is 25.4 Å². The van der Waals surface area contributed by atoms with Crippen LogP contribution < -0.4 is 0 Å². The van der Waals surface area contributed by atoms with Crippen LogP contribution in [0.25, 0.3) is 0 Å². The van der Waals surface area contributed by atoms with Crippen LogP contribution in [-0.4, -0.2) is 51.9 Å². The zero-order valence-corrected chi connectivity index (χ0v) is 11.8. The van der Waals surface area contributed by atoms with Gasteiger partial charge in [-0.2, -0.15) is 0 Å². The Labute approximate surface area is 112 Å². The van der Waals surface area contributed by atoms with Gasteiger partial charge in [0.2, 0.25) is 5.91 Å². The van der Waals surface area contributed by atoms with E-state index in [-0.39, 0.29) is 11.9 Å². The summed E-state index contributed by atoms with van der Waals surface area (Å²) in [5.41, 5.74) is 0.